The normalized spacial score (nSPS) is 23.7. The van der Waals surface area contributed by atoms with E-state index in [-0.39, 0.29) is 0 Å². The quantitative estimate of drug-likeness (QED) is 0.796. The van der Waals surface area contributed by atoms with Gasteiger partial charge in [-0.2, -0.15) is 0 Å². The molecule has 1 aromatic rings. The molecule has 0 saturated carbocycles. The Labute approximate surface area is 120 Å². The molecule has 0 spiro atoms. The zero-order chi connectivity index (χ0) is 13.8. The average Bonchev–Trinajstić information content (AvgIpc) is 2.39. The largest absolute Gasteiger partial charge is 0.374 e. The second-order valence-electron chi connectivity index (χ2n) is 5.29. The van der Waals surface area contributed by atoms with Crippen molar-refractivity contribution in [2.75, 3.05) is 24.6 Å². The van der Waals surface area contributed by atoms with Crippen LogP contribution in [0.3, 0.4) is 0 Å². The molecule has 0 radical (unpaired) electrons. The summed E-state index contributed by atoms with van der Waals surface area (Å²) in [6.45, 7) is 9.71. The highest BCUT2D eigenvalue weighted by Gasteiger charge is 2.24. The summed E-state index contributed by atoms with van der Waals surface area (Å²) in [6.07, 6.45) is 1.20. The molecule has 1 aromatic heterocycles. The van der Waals surface area contributed by atoms with Gasteiger partial charge in [0.2, 0.25) is 0 Å². The molecule has 2 atom stereocenters. The molecule has 106 valence electrons. The molecule has 5 heteroatoms. The summed E-state index contributed by atoms with van der Waals surface area (Å²) in [5.74, 6) is 3.04. The van der Waals surface area contributed by atoms with Gasteiger partial charge in [-0.25, -0.2) is 9.97 Å². The van der Waals surface area contributed by atoms with Crippen molar-refractivity contribution in [3.8, 4) is 0 Å². The van der Waals surface area contributed by atoms with Crippen LogP contribution >= 0.6 is 11.6 Å². The Kier molecular flexibility index (Phi) is 4.99. The topological polar surface area (TPSA) is 38.2 Å². The predicted octanol–water partition coefficient (Wildman–Crippen LogP) is 3.15. The Balaban J connectivity index is 2.13. The molecule has 1 saturated heterocycles. The smallest absolute Gasteiger partial charge is 0.158 e. The fraction of sp³-hybridized carbons (Fsp3) is 0.714. The van der Waals surface area contributed by atoms with Gasteiger partial charge in [-0.15, -0.1) is 0 Å². The van der Waals surface area contributed by atoms with Gasteiger partial charge in [-0.3, -0.25) is 0 Å². The Bertz CT molecular complexity index is 427. The lowest BCUT2D eigenvalue weighted by molar-refractivity contribution is 0.128. The first-order valence-electron chi connectivity index (χ1n) is 6.96. The minimum absolute atomic E-state index is 0.420. The number of hydrogen-bond donors (Lipinski definition) is 0. The maximum absolute atomic E-state index is 6.08. The number of piperidine rings is 1. The van der Waals surface area contributed by atoms with Crippen LogP contribution in [0.5, 0.6) is 0 Å². The van der Waals surface area contributed by atoms with Gasteiger partial charge in [0.1, 0.15) is 17.6 Å². The summed E-state index contributed by atoms with van der Waals surface area (Å²) in [6, 6.07) is 1.85. The molecule has 19 heavy (non-hydrogen) atoms. The van der Waals surface area contributed by atoms with Crippen LogP contribution in [-0.4, -0.2) is 29.7 Å². The van der Waals surface area contributed by atoms with Crippen molar-refractivity contribution >= 4 is 17.4 Å². The highest BCUT2D eigenvalue weighted by atomic mass is 35.5. The van der Waals surface area contributed by atoms with Gasteiger partial charge in [0.25, 0.3) is 0 Å². The molecule has 0 bridgehead atoms. The third-order valence-corrected chi connectivity index (χ3v) is 4.01. The van der Waals surface area contributed by atoms with E-state index in [1.165, 1.54) is 6.42 Å². The van der Waals surface area contributed by atoms with Crippen molar-refractivity contribution < 1.29 is 4.74 Å². The summed E-state index contributed by atoms with van der Waals surface area (Å²) in [5, 5.41) is 0.492. The highest BCUT2D eigenvalue weighted by Crippen LogP contribution is 2.27. The Morgan fingerprint density at radius 1 is 1.37 bits per heavy atom. The Hall–Kier alpha value is -0.870. The minimum Gasteiger partial charge on any atom is -0.374 e. The van der Waals surface area contributed by atoms with Crippen LogP contribution in [0.25, 0.3) is 0 Å². The molecule has 0 amide bonds. The number of halogens is 1. The summed E-state index contributed by atoms with van der Waals surface area (Å²) >= 11 is 6.08. The molecule has 2 unspecified atom stereocenters. The van der Waals surface area contributed by atoms with E-state index in [0.29, 0.717) is 30.1 Å². The molecule has 1 fully saturated rings. The van der Waals surface area contributed by atoms with Crippen molar-refractivity contribution in [3.05, 3.63) is 17.0 Å². The molecular weight excluding hydrogens is 262 g/mol. The van der Waals surface area contributed by atoms with E-state index in [9.17, 15) is 0 Å². The van der Waals surface area contributed by atoms with Gasteiger partial charge in [0, 0.05) is 25.8 Å². The van der Waals surface area contributed by atoms with Gasteiger partial charge in [-0.05, 0) is 25.2 Å². The molecule has 0 aromatic carbocycles. The van der Waals surface area contributed by atoms with Gasteiger partial charge in [-0.1, -0.05) is 25.4 Å². The van der Waals surface area contributed by atoms with Gasteiger partial charge >= 0.3 is 0 Å². The fourth-order valence-electron chi connectivity index (χ4n) is 2.34. The Morgan fingerprint density at radius 2 is 2.16 bits per heavy atom. The van der Waals surface area contributed by atoms with E-state index >= 15 is 0 Å². The van der Waals surface area contributed by atoms with Crippen molar-refractivity contribution in [1.82, 2.24) is 9.97 Å². The van der Waals surface area contributed by atoms with Crippen molar-refractivity contribution in [2.45, 2.75) is 33.8 Å². The summed E-state index contributed by atoms with van der Waals surface area (Å²) in [5.41, 5.74) is 0. The molecular formula is C14H22ClN3O. The van der Waals surface area contributed by atoms with Crippen LogP contribution < -0.4 is 4.90 Å². The average molecular weight is 284 g/mol. The first-order chi connectivity index (χ1) is 9.10. The number of nitrogens with zero attached hydrogens (tertiary/aromatic N) is 3. The zero-order valence-electron chi connectivity index (χ0n) is 11.9. The predicted molar refractivity (Wildman–Crippen MR) is 77.5 cm³/mol. The van der Waals surface area contributed by atoms with E-state index < -0.39 is 0 Å². The van der Waals surface area contributed by atoms with E-state index in [0.717, 1.165) is 24.8 Å². The first kappa shape index (κ1) is 14.5. The van der Waals surface area contributed by atoms with E-state index in [1.54, 1.807) is 0 Å². The van der Waals surface area contributed by atoms with Crippen molar-refractivity contribution in [1.29, 1.82) is 0 Å². The number of ether oxygens (including phenoxy) is 1. The third-order valence-electron chi connectivity index (χ3n) is 3.82. The molecule has 0 N–H and O–H groups in total. The van der Waals surface area contributed by atoms with Crippen molar-refractivity contribution in [3.63, 3.8) is 0 Å². The Morgan fingerprint density at radius 3 is 2.84 bits per heavy atom. The lowest BCUT2D eigenvalue weighted by Gasteiger charge is -2.36. The van der Waals surface area contributed by atoms with Crippen LogP contribution in [0.4, 0.5) is 5.82 Å². The number of aromatic nitrogens is 2. The maximum Gasteiger partial charge on any atom is 0.158 e. The molecule has 0 aliphatic carbocycles. The zero-order valence-corrected chi connectivity index (χ0v) is 12.7. The van der Waals surface area contributed by atoms with Gasteiger partial charge < -0.3 is 9.64 Å². The lowest BCUT2D eigenvalue weighted by Crippen LogP contribution is -2.39. The van der Waals surface area contributed by atoms with E-state index in [1.807, 2.05) is 13.0 Å². The maximum atomic E-state index is 6.08. The summed E-state index contributed by atoms with van der Waals surface area (Å²) in [7, 11) is 0. The van der Waals surface area contributed by atoms with E-state index in [4.69, 9.17) is 16.3 Å². The monoisotopic (exact) mass is 283 g/mol. The summed E-state index contributed by atoms with van der Waals surface area (Å²) in [4.78, 5) is 11.1. The first-order valence-corrected chi connectivity index (χ1v) is 7.34. The van der Waals surface area contributed by atoms with Crippen LogP contribution in [0.1, 0.15) is 33.0 Å². The molecule has 2 heterocycles. The molecule has 1 aliphatic rings. The second kappa shape index (κ2) is 6.53. The number of anilines is 1. The highest BCUT2D eigenvalue weighted by molar-refractivity contribution is 6.29. The molecule has 1 aliphatic heterocycles. The summed E-state index contributed by atoms with van der Waals surface area (Å²) < 4.78 is 5.35. The van der Waals surface area contributed by atoms with Gasteiger partial charge in [0.15, 0.2) is 5.82 Å². The van der Waals surface area contributed by atoms with Crippen LogP contribution in [-0.2, 0) is 11.3 Å². The van der Waals surface area contributed by atoms with Crippen molar-refractivity contribution in [2.24, 2.45) is 11.8 Å². The molecule has 2 rings (SSSR count). The van der Waals surface area contributed by atoms with E-state index in [2.05, 4.69) is 28.7 Å². The third kappa shape index (κ3) is 3.80. The van der Waals surface area contributed by atoms with Crippen LogP contribution in [0.15, 0.2) is 6.07 Å². The SMILES string of the molecule is CCOCc1nc(Cl)cc(N2CCC(C)C(C)C2)n1. The minimum atomic E-state index is 0.420. The van der Waals surface area contributed by atoms with Crippen LogP contribution in [0, 0.1) is 11.8 Å². The number of hydrogen-bond acceptors (Lipinski definition) is 4. The standard InChI is InChI=1S/C14H22ClN3O/c1-4-19-9-13-16-12(15)7-14(17-13)18-6-5-10(2)11(3)8-18/h7,10-11H,4-6,8-9H2,1-3H3. The number of rotatable bonds is 4. The van der Waals surface area contributed by atoms with Gasteiger partial charge in [0.05, 0.1) is 0 Å². The lowest BCUT2D eigenvalue weighted by atomic mass is 9.89. The molecule has 4 nitrogen and oxygen atoms in total. The van der Waals surface area contributed by atoms with Crippen LogP contribution in [0.2, 0.25) is 5.15 Å². The fourth-order valence-corrected chi connectivity index (χ4v) is 2.54. The second-order valence-corrected chi connectivity index (χ2v) is 5.68.